The smallest absolute Gasteiger partial charge is 0.243 e. The van der Waals surface area contributed by atoms with Crippen molar-refractivity contribution in [1.29, 1.82) is 0 Å². The third-order valence-corrected chi connectivity index (χ3v) is 5.22. The molecule has 18 heavy (non-hydrogen) atoms. The molecule has 1 fully saturated rings. The Hall–Kier alpha value is -0.690. The Morgan fingerprint density at radius 1 is 1.33 bits per heavy atom. The Morgan fingerprint density at radius 3 is 2.56 bits per heavy atom. The van der Waals surface area contributed by atoms with Crippen LogP contribution >= 0.6 is 11.6 Å². The molecule has 0 atom stereocenters. The average Bonchev–Trinajstić information content (AvgIpc) is 2.39. The van der Waals surface area contributed by atoms with Crippen molar-refractivity contribution in [1.82, 2.24) is 14.2 Å². The molecule has 2 heterocycles. The minimum Gasteiger partial charge on any atom is -0.301 e. The van der Waals surface area contributed by atoms with Gasteiger partial charge in [0.1, 0.15) is 5.15 Å². The van der Waals surface area contributed by atoms with E-state index in [-0.39, 0.29) is 10.0 Å². The van der Waals surface area contributed by atoms with Gasteiger partial charge in [0.15, 0.2) is 0 Å². The van der Waals surface area contributed by atoms with Gasteiger partial charge in [-0.05, 0) is 18.7 Å². The number of likely N-dealkylation sites (N-methyl/N-ethyl adjacent to an activating group) is 1. The van der Waals surface area contributed by atoms with Crippen LogP contribution in [-0.4, -0.2) is 55.3 Å². The lowest BCUT2D eigenvalue weighted by atomic mass is 10.4. The van der Waals surface area contributed by atoms with Gasteiger partial charge in [0.25, 0.3) is 0 Å². The molecule has 1 aliphatic heterocycles. The van der Waals surface area contributed by atoms with E-state index in [9.17, 15) is 8.42 Å². The summed E-state index contributed by atoms with van der Waals surface area (Å²) in [4.78, 5) is 6.24. The van der Waals surface area contributed by atoms with Gasteiger partial charge in [0.05, 0.1) is 4.90 Å². The molecule has 0 amide bonds. The molecule has 1 aromatic heterocycles. The van der Waals surface area contributed by atoms with Crippen molar-refractivity contribution in [3.8, 4) is 0 Å². The zero-order chi connectivity index (χ0) is 13.2. The maximum atomic E-state index is 12.4. The third-order valence-electron chi connectivity index (χ3n) is 3.11. The number of aromatic nitrogens is 1. The number of hydrogen-bond acceptors (Lipinski definition) is 4. The molecule has 0 bridgehead atoms. The predicted octanol–water partition coefficient (Wildman–Crippen LogP) is 1.06. The summed E-state index contributed by atoms with van der Waals surface area (Å²) in [6.07, 6.45) is 1.41. The highest BCUT2D eigenvalue weighted by Gasteiger charge is 2.28. The minimum absolute atomic E-state index is 0.197. The van der Waals surface area contributed by atoms with Gasteiger partial charge in [-0.15, -0.1) is 0 Å². The Balaban J connectivity index is 2.17. The maximum Gasteiger partial charge on any atom is 0.243 e. The fourth-order valence-electron chi connectivity index (χ4n) is 1.98. The zero-order valence-corrected chi connectivity index (χ0v) is 11.8. The van der Waals surface area contributed by atoms with E-state index < -0.39 is 10.0 Å². The largest absolute Gasteiger partial charge is 0.301 e. The fraction of sp³-hybridized carbons (Fsp3) is 0.545. The van der Waals surface area contributed by atoms with Crippen LogP contribution in [0.2, 0.25) is 5.15 Å². The first-order chi connectivity index (χ1) is 8.54. The second-order valence-corrected chi connectivity index (χ2v) is 6.48. The number of hydrogen-bond donors (Lipinski definition) is 0. The van der Waals surface area contributed by atoms with Crippen molar-refractivity contribution >= 4 is 21.6 Å². The predicted molar refractivity (Wildman–Crippen MR) is 70.1 cm³/mol. The highest BCUT2D eigenvalue weighted by molar-refractivity contribution is 7.89. The second-order valence-electron chi connectivity index (χ2n) is 4.15. The SMILES string of the molecule is CCN1CCN(S(=O)(=O)c2ccnc(Cl)c2)CC1. The lowest BCUT2D eigenvalue weighted by Crippen LogP contribution is -2.48. The van der Waals surface area contributed by atoms with Crippen LogP contribution in [0.1, 0.15) is 6.92 Å². The number of nitrogens with zero attached hydrogens (tertiary/aromatic N) is 3. The van der Waals surface area contributed by atoms with Gasteiger partial charge in [-0.25, -0.2) is 13.4 Å². The molecule has 1 aliphatic rings. The van der Waals surface area contributed by atoms with E-state index >= 15 is 0 Å². The summed E-state index contributed by atoms with van der Waals surface area (Å²) < 4.78 is 26.2. The second kappa shape index (κ2) is 5.52. The number of piperazine rings is 1. The van der Waals surface area contributed by atoms with Gasteiger partial charge in [-0.2, -0.15) is 4.31 Å². The molecule has 0 unspecified atom stereocenters. The first-order valence-corrected chi connectivity index (χ1v) is 7.70. The van der Waals surface area contributed by atoms with Crippen molar-refractivity contribution in [3.63, 3.8) is 0 Å². The molecule has 0 spiro atoms. The van der Waals surface area contributed by atoms with Crippen LogP contribution in [0, 0.1) is 0 Å². The van der Waals surface area contributed by atoms with E-state index in [1.54, 1.807) is 0 Å². The van der Waals surface area contributed by atoms with Crippen molar-refractivity contribution in [3.05, 3.63) is 23.5 Å². The molecule has 100 valence electrons. The minimum atomic E-state index is -3.43. The molecule has 0 saturated carbocycles. The van der Waals surface area contributed by atoms with Gasteiger partial charge in [-0.1, -0.05) is 18.5 Å². The molecule has 0 N–H and O–H groups in total. The molecular formula is C11H16ClN3O2S. The molecular weight excluding hydrogens is 274 g/mol. The summed E-state index contributed by atoms with van der Waals surface area (Å²) in [5, 5.41) is 0.197. The van der Waals surface area contributed by atoms with E-state index in [1.165, 1.54) is 22.6 Å². The van der Waals surface area contributed by atoms with Crippen LogP contribution < -0.4 is 0 Å². The summed E-state index contributed by atoms with van der Waals surface area (Å²) in [5.41, 5.74) is 0. The molecule has 1 aromatic rings. The van der Waals surface area contributed by atoms with Crippen LogP contribution in [0.5, 0.6) is 0 Å². The van der Waals surface area contributed by atoms with Gasteiger partial charge in [0.2, 0.25) is 10.0 Å². The maximum absolute atomic E-state index is 12.4. The van der Waals surface area contributed by atoms with Crippen molar-refractivity contribution in [2.75, 3.05) is 32.7 Å². The number of sulfonamides is 1. The van der Waals surface area contributed by atoms with Gasteiger partial charge in [0, 0.05) is 32.4 Å². The summed E-state index contributed by atoms with van der Waals surface area (Å²) >= 11 is 5.73. The first kappa shape index (κ1) is 13.7. The topological polar surface area (TPSA) is 53.5 Å². The van der Waals surface area contributed by atoms with E-state index in [0.717, 1.165) is 19.6 Å². The van der Waals surface area contributed by atoms with Crippen LogP contribution in [0.4, 0.5) is 0 Å². The van der Waals surface area contributed by atoms with Crippen LogP contribution in [-0.2, 0) is 10.0 Å². The van der Waals surface area contributed by atoms with E-state index in [0.29, 0.717) is 13.1 Å². The first-order valence-electron chi connectivity index (χ1n) is 5.88. The zero-order valence-electron chi connectivity index (χ0n) is 10.2. The quantitative estimate of drug-likeness (QED) is 0.781. The molecule has 1 saturated heterocycles. The summed E-state index contributed by atoms with van der Waals surface area (Å²) in [6, 6.07) is 2.87. The third kappa shape index (κ3) is 2.83. The van der Waals surface area contributed by atoms with E-state index in [1.807, 2.05) is 0 Å². The molecule has 5 nitrogen and oxygen atoms in total. The molecule has 0 radical (unpaired) electrons. The molecule has 2 rings (SSSR count). The monoisotopic (exact) mass is 289 g/mol. The molecule has 0 aromatic carbocycles. The molecule has 0 aliphatic carbocycles. The lowest BCUT2D eigenvalue weighted by molar-refractivity contribution is 0.196. The fourth-order valence-corrected chi connectivity index (χ4v) is 3.65. The number of pyridine rings is 1. The van der Waals surface area contributed by atoms with Crippen molar-refractivity contribution in [2.24, 2.45) is 0 Å². The standard InChI is InChI=1S/C11H16ClN3O2S/c1-2-14-5-7-15(8-6-14)18(16,17)10-3-4-13-11(12)9-10/h3-4,9H,2,5-8H2,1H3. The van der Waals surface area contributed by atoms with Crippen LogP contribution in [0.3, 0.4) is 0 Å². The highest BCUT2D eigenvalue weighted by atomic mass is 35.5. The average molecular weight is 290 g/mol. The Morgan fingerprint density at radius 2 is 2.00 bits per heavy atom. The Labute approximate surface area is 112 Å². The van der Waals surface area contributed by atoms with Crippen LogP contribution in [0.15, 0.2) is 23.2 Å². The summed E-state index contributed by atoms with van der Waals surface area (Å²) in [6.45, 7) is 5.62. The van der Waals surface area contributed by atoms with Gasteiger partial charge in [-0.3, -0.25) is 0 Å². The Bertz CT molecular complexity index is 513. The van der Waals surface area contributed by atoms with Crippen molar-refractivity contribution < 1.29 is 8.42 Å². The van der Waals surface area contributed by atoms with Gasteiger partial charge >= 0.3 is 0 Å². The van der Waals surface area contributed by atoms with Crippen LogP contribution in [0.25, 0.3) is 0 Å². The molecule has 7 heteroatoms. The lowest BCUT2D eigenvalue weighted by Gasteiger charge is -2.33. The highest BCUT2D eigenvalue weighted by Crippen LogP contribution is 2.19. The Kier molecular flexibility index (Phi) is 4.21. The number of rotatable bonds is 3. The summed E-state index contributed by atoms with van der Waals surface area (Å²) in [5.74, 6) is 0. The summed E-state index contributed by atoms with van der Waals surface area (Å²) in [7, 11) is -3.43. The normalized spacial score (nSPS) is 19.0. The number of halogens is 1. The van der Waals surface area contributed by atoms with Crippen molar-refractivity contribution in [2.45, 2.75) is 11.8 Å². The van der Waals surface area contributed by atoms with E-state index in [2.05, 4.69) is 16.8 Å². The van der Waals surface area contributed by atoms with Gasteiger partial charge < -0.3 is 4.90 Å². The van der Waals surface area contributed by atoms with E-state index in [4.69, 9.17) is 11.6 Å².